The fourth-order valence-electron chi connectivity index (χ4n) is 6.61. The van der Waals surface area contributed by atoms with E-state index in [0.29, 0.717) is 5.56 Å². The molecule has 274 valence electrons. The Bertz CT molecular complexity index is 1710. The summed E-state index contributed by atoms with van der Waals surface area (Å²) in [6.07, 6.45) is -9.16. The van der Waals surface area contributed by atoms with Crippen LogP contribution in [-0.2, 0) is 55.9 Å². The molecule has 2 amide bonds. The normalized spacial score (nSPS) is 29.8. The molecule has 52 heavy (non-hydrogen) atoms. The number of amides is 2. The van der Waals surface area contributed by atoms with E-state index in [4.69, 9.17) is 37.9 Å². The number of fused-ring (bicyclic) bond motifs is 1. The van der Waals surface area contributed by atoms with Crippen LogP contribution in [0.5, 0.6) is 0 Å². The van der Waals surface area contributed by atoms with Gasteiger partial charge in [-0.05, 0) is 35.7 Å². The van der Waals surface area contributed by atoms with Crippen LogP contribution in [0.2, 0.25) is 0 Å². The van der Waals surface area contributed by atoms with Gasteiger partial charge in [-0.3, -0.25) is 4.79 Å². The van der Waals surface area contributed by atoms with Crippen LogP contribution in [0.15, 0.2) is 96.1 Å². The van der Waals surface area contributed by atoms with Gasteiger partial charge in [0.1, 0.15) is 49.2 Å². The minimum Gasteiger partial charge on any atom is -0.459 e. The summed E-state index contributed by atoms with van der Waals surface area (Å²) in [5.41, 5.74) is 11.4. The van der Waals surface area contributed by atoms with Crippen molar-refractivity contribution in [3.8, 4) is 0 Å². The maximum Gasteiger partial charge on any atom is 0.417 e. The second kappa shape index (κ2) is 17.1. The minimum absolute atomic E-state index is 0.123. The van der Waals surface area contributed by atoms with E-state index in [1.165, 1.54) is 14.0 Å². The van der Waals surface area contributed by atoms with E-state index in [0.717, 1.165) is 16.0 Å². The van der Waals surface area contributed by atoms with Gasteiger partial charge in [-0.2, -0.15) is 0 Å². The predicted molar refractivity (Wildman–Crippen MR) is 181 cm³/mol. The van der Waals surface area contributed by atoms with Gasteiger partial charge in [0.05, 0.1) is 24.9 Å². The molecule has 0 N–H and O–H groups in total. The second-order valence-corrected chi connectivity index (χ2v) is 12.5. The van der Waals surface area contributed by atoms with Crippen LogP contribution in [0.25, 0.3) is 10.4 Å². The molecular weight excluding hydrogens is 676 g/mol. The number of ether oxygens (including phenoxy) is 8. The highest BCUT2D eigenvalue weighted by atomic mass is 16.7. The number of hydrogen-bond acceptors (Lipinski definition) is 12. The molecule has 0 spiro atoms. The van der Waals surface area contributed by atoms with Gasteiger partial charge in [0.15, 0.2) is 12.6 Å². The van der Waals surface area contributed by atoms with Gasteiger partial charge >= 0.3 is 12.1 Å². The number of hydrogen-bond donors (Lipinski definition) is 0. The topological polar surface area (TPSA) is 177 Å². The number of rotatable bonds is 13. The summed E-state index contributed by atoms with van der Waals surface area (Å²) in [4.78, 5) is 42.8. The molecule has 0 aliphatic carbocycles. The second-order valence-electron chi connectivity index (χ2n) is 12.5. The molecule has 6 rings (SSSR count). The Balaban J connectivity index is 1.37. The Kier molecular flexibility index (Phi) is 12.1. The van der Waals surface area contributed by atoms with E-state index in [1.54, 1.807) is 37.3 Å². The molecule has 3 aliphatic rings. The molecule has 3 aromatic rings. The number of carbonyl (C=O) groups excluding carboxylic acids is 3. The average Bonchev–Trinajstić information content (AvgIpc) is 3.52. The highest BCUT2D eigenvalue weighted by Gasteiger charge is 2.59. The molecule has 3 heterocycles. The Morgan fingerprint density at radius 1 is 0.846 bits per heavy atom. The van der Waals surface area contributed by atoms with Gasteiger partial charge in [0.25, 0.3) is 0 Å². The zero-order valence-corrected chi connectivity index (χ0v) is 28.8. The van der Waals surface area contributed by atoms with E-state index < -0.39 is 79.3 Å². The SMILES string of the molecule is CO[C@H]1O[C@H](COC(=O)c2ccccc2)[C@H](OC2O[C@H](C)[C@H](N=[N+]=[N-])[C@@H]3OC(=O)N(C(C)=O)[C@@H]23)[C@H](OCc2ccccc2)[C@H]1OCc1ccccc1. The summed E-state index contributed by atoms with van der Waals surface area (Å²) >= 11 is 0. The highest BCUT2D eigenvalue weighted by Crippen LogP contribution is 2.38. The molecule has 3 fully saturated rings. The third-order valence-electron chi connectivity index (χ3n) is 9.11. The lowest BCUT2D eigenvalue weighted by atomic mass is 9.94. The first-order chi connectivity index (χ1) is 25.3. The van der Waals surface area contributed by atoms with Crippen LogP contribution in [0, 0.1) is 0 Å². The maximum atomic E-state index is 13.1. The van der Waals surface area contributed by atoms with Crippen molar-refractivity contribution in [2.45, 2.75) is 88.3 Å². The summed E-state index contributed by atoms with van der Waals surface area (Å²) in [6, 6.07) is 25.3. The van der Waals surface area contributed by atoms with E-state index in [9.17, 15) is 19.9 Å². The Hall–Kier alpha value is -4.86. The van der Waals surface area contributed by atoms with Crippen LogP contribution in [0.3, 0.4) is 0 Å². The van der Waals surface area contributed by atoms with Gasteiger partial charge in [0, 0.05) is 18.9 Å². The Morgan fingerprint density at radius 2 is 1.44 bits per heavy atom. The van der Waals surface area contributed by atoms with Crippen molar-refractivity contribution in [3.63, 3.8) is 0 Å². The number of methoxy groups -OCH3 is 1. The van der Waals surface area contributed by atoms with Crippen LogP contribution >= 0.6 is 0 Å². The van der Waals surface area contributed by atoms with Crippen molar-refractivity contribution in [3.05, 3.63) is 118 Å². The number of benzene rings is 3. The maximum absolute atomic E-state index is 13.1. The van der Waals surface area contributed by atoms with Gasteiger partial charge in [-0.1, -0.05) is 84.0 Å². The van der Waals surface area contributed by atoms with Gasteiger partial charge in [-0.15, -0.1) is 0 Å². The van der Waals surface area contributed by atoms with E-state index >= 15 is 0 Å². The third kappa shape index (κ3) is 8.27. The van der Waals surface area contributed by atoms with E-state index in [2.05, 4.69) is 10.0 Å². The summed E-state index contributed by atoms with van der Waals surface area (Å²) in [6.45, 7) is 2.83. The molecule has 0 radical (unpaired) electrons. The molecule has 0 saturated carbocycles. The number of carbonyl (C=O) groups is 3. The number of esters is 1. The lowest BCUT2D eigenvalue weighted by Crippen LogP contribution is -2.66. The van der Waals surface area contributed by atoms with Gasteiger partial charge < -0.3 is 37.9 Å². The molecule has 3 saturated heterocycles. The van der Waals surface area contributed by atoms with Crippen LogP contribution < -0.4 is 0 Å². The highest BCUT2D eigenvalue weighted by molar-refractivity contribution is 5.92. The van der Waals surface area contributed by atoms with Crippen molar-refractivity contribution in [1.29, 1.82) is 0 Å². The molecule has 15 nitrogen and oxygen atoms in total. The lowest BCUT2D eigenvalue weighted by Gasteiger charge is -2.48. The molecular formula is C37H40N4O11. The van der Waals surface area contributed by atoms with Gasteiger partial charge in [0.2, 0.25) is 5.91 Å². The first-order valence-electron chi connectivity index (χ1n) is 16.9. The Labute approximate surface area is 300 Å². The molecule has 1 unspecified atom stereocenters. The van der Waals surface area contributed by atoms with Crippen molar-refractivity contribution >= 4 is 18.0 Å². The number of imide groups is 1. The molecule has 0 bridgehead atoms. The Morgan fingerprint density at radius 3 is 2.02 bits per heavy atom. The van der Waals surface area contributed by atoms with Gasteiger partial charge in [-0.25, -0.2) is 14.5 Å². The zero-order chi connectivity index (χ0) is 36.6. The standard InChI is InChI=1S/C37H40N4O11/c1-22-28(39-40-38)31-29(41(23(2)42)37(44)52-31)35(49-22)51-30-27(21-48-34(43)26-17-11-6-12-18-26)50-36(45-3)33(47-20-25-15-9-5-10-16-25)32(30)46-19-24-13-7-4-8-14-24/h4-18,22,27-33,35-36H,19-21H2,1-3H3/t22-,27-,28+,29-,30+,31+,32+,33-,35?,36+/m1/s1. The van der Waals surface area contributed by atoms with E-state index in [1.807, 2.05) is 60.7 Å². The van der Waals surface area contributed by atoms with Crippen molar-refractivity contribution in [2.75, 3.05) is 13.7 Å². The number of nitrogens with zero attached hydrogens (tertiary/aromatic N) is 4. The molecule has 15 heteroatoms. The van der Waals surface area contributed by atoms with Crippen molar-refractivity contribution in [1.82, 2.24) is 4.90 Å². The largest absolute Gasteiger partial charge is 0.459 e. The molecule has 0 aromatic heterocycles. The summed E-state index contributed by atoms with van der Waals surface area (Å²) in [7, 11) is 1.46. The fourth-order valence-corrected chi connectivity index (χ4v) is 6.61. The summed E-state index contributed by atoms with van der Waals surface area (Å²) in [5, 5.41) is 3.81. The predicted octanol–water partition coefficient (Wildman–Crippen LogP) is 4.93. The molecule has 3 aliphatic heterocycles. The monoisotopic (exact) mass is 716 g/mol. The van der Waals surface area contributed by atoms with E-state index in [-0.39, 0.29) is 19.8 Å². The fraction of sp³-hybridized carbons (Fsp3) is 0.432. The minimum atomic E-state index is -1.32. The first kappa shape index (κ1) is 36.9. The van der Waals surface area contributed by atoms with Crippen LogP contribution in [0.4, 0.5) is 4.79 Å². The average molecular weight is 717 g/mol. The van der Waals surface area contributed by atoms with Crippen molar-refractivity contribution in [2.24, 2.45) is 5.11 Å². The third-order valence-corrected chi connectivity index (χ3v) is 9.11. The lowest BCUT2D eigenvalue weighted by molar-refractivity contribution is -0.348. The zero-order valence-electron chi connectivity index (χ0n) is 28.8. The first-order valence-corrected chi connectivity index (χ1v) is 16.9. The molecule has 3 aromatic carbocycles. The van der Waals surface area contributed by atoms with Crippen LogP contribution in [0.1, 0.15) is 35.3 Å². The number of azide groups is 1. The van der Waals surface area contributed by atoms with Crippen LogP contribution in [-0.4, -0.2) is 97.9 Å². The smallest absolute Gasteiger partial charge is 0.417 e. The summed E-state index contributed by atoms with van der Waals surface area (Å²) < 4.78 is 49.7. The quantitative estimate of drug-likeness (QED) is 0.101. The van der Waals surface area contributed by atoms with Crippen molar-refractivity contribution < 1.29 is 52.3 Å². The molecule has 10 atom stereocenters. The summed E-state index contributed by atoms with van der Waals surface area (Å²) in [5.74, 6) is -1.23.